The Morgan fingerprint density at radius 1 is 1.03 bits per heavy atom. The van der Waals surface area contributed by atoms with E-state index in [1.165, 1.54) is 28.5 Å². The molecular weight excluding hydrogens is 373 g/mol. The summed E-state index contributed by atoms with van der Waals surface area (Å²) in [6.45, 7) is 4.45. The summed E-state index contributed by atoms with van der Waals surface area (Å²) >= 11 is 0. The standard InChI is InChI=1S/C24H25F3N2/c1-17(22-11-5-8-19-7-2-3-10-23(19)22)28-21-12-13-29(16-21)15-18-6-4-9-20(14-18)24(25,26)27/h2-11,14,17,21,28H,12-13,15-16H2,1H3/t17?,21-/m1/s1. The van der Waals surface area contributed by atoms with Gasteiger partial charge in [-0.25, -0.2) is 0 Å². The number of hydrogen-bond donors (Lipinski definition) is 1. The lowest BCUT2D eigenvalue weighted by atomic mass is 9.99. The van der Waals surface area contributed by atoms with Crippen molar-refractivity contribution in [3.63, 3.8) is 0 Å². The third-order valence-electron chi connectivity index (χ3n) is 5.71. The number of alkyl halides is 3. The second-order valence-electron chi connectivity index (χ2n) is 7.88. The van der Waals surface area contributed by atoms with Crippen LogP contribution in [0.25, 0.3) is 10.8 Å². The predicted octanol–water partition coefficient (Wildman–Crippen LogP) is 5.78. The molecule has 0 aromatic heterocycles. The average Bonchev–Trinajstić information content (AvgIpc) is 3.13. The van der Waals surface area contributed by atoms with Crippen LogP contribution in [0.1, 0.15) is 36.1 Å². The zero-order valence-corrected chi connectivity index (χ0v) is 16.4. The van der Waals surface area contributed by atoms with Gasteiger partial charge < -0.3 is 5.32 Å². The summed E-state index contributed by atoms with van der Waals surface area (Å²) in [5.41, 5.74) is 1.41. The van der Waals surface area contributed by atoms with Crippen molar-refractivity contribution in [3.8, 4) is 0 Å². The van der Waals surface area contributed by atoms with Gasteiger partial charge in [-0.3, -0.25) is 4.90 Å². The van der Waals surface area contributed by atoms with E-state index < -0.39 is 11.7 Å². The molecule has 1 heterocycles. The molecule has 152 valence electrons. The fourth-order valence-electron chi connectivity index (χ4n) is 4.29. The van der Waals surface area contributed by atoms with Gasteiger partial charge in [-0.2, -0.15) is 13.2 Å². The smallest absolute Gasteiger partial charge is 0.306 e. The normalized spacial score (nSPS) is 19.0. The van der Waals surface area contributed by atoms with Crippen molar-refractivity contribution >= 4 is 10.8 Å². The molecule has 1 aliphatic heterocycles. The van der Waals surface area contributed by atoms with Crippen LogP contribution < -0.4 is 5.32 Å². The first-order chi connectivity index (χ1) is 13.9. The van der Waals surface area contributed by atoms with Crippen LogP contribution in [0.5, 0.6) is 0 Å². The predicted molar refractivity (Wildman–Crippen MR) is 111 cm³/mol. The highest BCUT2D eigenvalue weighted by Crippen LogP contribution is 2.30. The molecule has 2 nitrogen and oxygen atoms in total. The second-order valence-corrected chi connectivity index (χ2v) is 7.88. The van der Waals surface area contributed by atoms with Crippen LogP contribution in [0.4, 0.5) is 13.2 Å². The van der Waals surface area contributed by atoms with Gasteiger partial charge in [0.15, 0.2) is 0 Å². The van der Waals surface area contributed by atoms with Crippen molar-refractivity contribution in [3.05, 3.63) is 83.4 Å². The summed E-state index contributed by atoms with van der Waals surface area (Å²) in [6.07, 6.45) is -3.30. The molecule has 5 heteroatoms. The summed E-state index contributed by atoms with van der Waals surface area (Å²) < 4.78 is 38.8. The van der Waals surface area contributed by atoms with E-state index in [4.69, 9.17) is 0 Å². The lowest BCUT2D eigenvalue weighted by molar-refractivity contribution is -0.137. The molecule has 0 amide bonds. The Balaban J connectivity index is 1.39. The second kappa shape index (κ2) is 8.17. The third-order valence-corrected chi connectivity index (χ3v) is 5.71. The fraction of sp³-hybridized carbons (Fsp3) is 0.333. The lowest BCUT2D eigenvalue weighted by Gasteiger charge is -2.22. The Morgan fingerprint density at radius 3 is 2.62 bits per heavy atom. The van der Waals surface area contributed by atoms with E-state index >= 15 is 0 Å². The van der Waals surface area contributed by atoms with Gasteiger partial charge in [0.05, 0.1) is 5.56 Å². The van der Waals surface area contributed by atoms with Gasteiger partial charge in [0, 0.05) is 31.7 Å². The number of halogens is 3. The SMILES string of the molecule is CC(N[C@@H]1CCN(Cc2cccc(C(F)(F)F)c2)C1)c1cccc2ccccc12. The number of fused-ring (bicyclic) bond motifs is 1. The Hall–Kier alpha value is -2.37. The summed E-state index contributed by atoms with van der Waals surface area (Å²) in [5.74, 6) is 0. The topological polar surface area (TPSA) is 15.3 Å². The Morgan fingerprint density at radius 2 is 1.79 bits per heavy atom. The molecule has 1 aliphatic rings. The average molecular weight is 398 g/mol. The molecule has 1 fully saturated rings. The van der Waals surface area contributed by atoms with Crippen molar-refractivity contribution in [2.24, 2.45) is 0 Å². The Labute approximate surface area is 169 Å². The molecule has 29 heavy (non-hydrogen) atoms. The summed E-state index contributed by atoms with van der Waals surface area (Å²) in [4.78, 5) is 2.23. The quantitative estimate of drug-likeness (QED) is 0.586. The van der Waals surface area contributed by atoms with Gasteiger partial charge in [0.25, 0.3) is 0 Å². The van der Waals surface area contributed by atoms with Crippen LogP contribution in [-0.2, 0) is 12.7 Å². The molecule has 1 saturated heterocycles. The molecule has 0 radical (unpaired) electrons. The largest absolute Gasteiger partial charge is 0.416 e. The first kappa shape index (κ1) is 19.9. The van der Waals surface area contributed by atoms with Crippen LogP contribution in [0.2, 0.25) is 0 Å². The zero-order valence-electron chi connectivity index (χ0n) is 16.4. The Kier molecular flexibility index (Phi) is 5.61. The number of nitrogens with zero attached hydrogens (tertiary/aromatic N) is 1. The van der Waals surface area contributed by atoms with E-state index in [-0.39, 0.29) is 6.04 Å². The minimum absolute atomic E-state index is 0.208. The molecule has 2 atom stereocenters. The first-order valence-electron chi connectivity index (χ1n) is 10.0. The number of benzene rings is 3. The van der Waals surface area contributed by atoms with Crippen LogP contribution in [0.15, 0.2) is 66.7 Å². The van der Waals surface area contributed by atoms with Gasteiger partial charge in [-0.1, -0.05) is 60.7 Å². The first-order valence-corrected chi connectivity index (χ1v) is 10.0. The van der Waals surface area contributed by atoms with Crippen LogP contribution in [0, 0.1) is 0 Å². The highest BCUT2D eigenvalue weighted by atomic mass is 19.4. The Bertz CT molecular complexity index is 978. The maximum Gasteiger partial charge on any atom is 0.416 e. The van der Waals surface area contributed by atoms with Crippen molar-refractivity contribution in [2.45, 2.75) is 38.1 Å². The molecule has 1 N–H and O–H groups in total. The lowest BCUT2D eigenvalue weighted by Crippen LogP contribution is -2.34. The van der Waals surface area contributed by atoms with Crippen molar-refractivity contribution in [1.29, 1.82) is 0 Å². The molecule has 0 saturated carbocycles. The molecule has 3 aromatic rings. The monoisotopic (exact) mass is 398 g/mol. The van der Waals surface area contributed by atoms with E-state index in [1.807, 2.05) is 6.07 Å². The molecule has 3 aromatic carbocycles. The van der Waals surface area contributed by atoms with E-state index in [0.29, 0.717) is 18.2 Å². The van der Waals surface area contributed by atoms with E-state index in [9.17, 15) is 13.2 Å². The summed E-state index contributed by atoms with van der Waals surface area (Å²) in [7, 11) is 0. The van der Waals surface area contributed by atoms with Gasteiger partial charge in [-0.15, -0.1) is 0 Å². The highest BCUT2D eigenvalue weighted by molar-refractivity contribution is 5.86. The number of rotatable bonds is 5. The summed E-state index contributed by atoms with van der Waals surface area (Å²) in [6, 6.07) is 20.9. The van der Waals surface area contributed by atoms with E-state index in [1.54, 1.807) is 6.07 Å². The summed E-state index contributed by atoms with van der Waals surface area (Å²) in [5, 5.41) is 6.21. The molecule has 1 unspecified atom stereocenters. The van der Waals surface area contributed by atoms with Gasteiger partial charge in [0.2, 0.25) is 0 Å². The number of likely N-dealkylation sites (tertiary alicyclic amines) is 1. The van der Waals surface area contributed by atoms with Crippen molar-refractivity contribution in [2.75, 3.05) is 13.1 Å². The number of nitrogens with one attached hydrogen (secondary N) is 1. The highest BCUT2D eigenvalue weighted by Gasteiger charge is 2.31. The van der Waals surface area contributed by atoms with Gasteiger partial charge >= 0.3 is 6.18 Å². The van der Waals surface area contributed by atoms with Crippen LogP contribution >= 0.6 is 0 Å². The molecule has 0 spiro atoms. The molecule has 0 bridgehead atoms. The van der Waals surface area contributed by atoms with E-state index in [0.717, 1.165) is 25.6 Å². The maximum absolute atomic E-state index is 12.9. The molecule has 4 rings (SSSR count). The van der Waals surface area contributed by atoms with E-state index in [2.05, 4.69) is 53.5 Å². The maximum atomic E-state index is 12.9. The number of hydrogen-bond acceptors (Lipinski definition) is 2. The van der Waals surface area contributed by atoms with Crippen LogP contribution in [0.3, 0.4) is 0 Å². The minimum atomic E-state index is -4.29. The fourth-order valence-corrected chi connectivity index (χ4v) is 4.29. The third kappa shape index (κ3) is 4.62. The molecular formula is C24H25F3N2. The van der Waals surface area contributed by atoms with Gasteiger partial charge in [-0.05, 0) is 41.3 Å². The minimum Gasteiger partial charge on any atom is -0.306 e. The molecule has 0 aliphatic carbocycles. The van der Waals surface area contributed by atoms with Crippen molar-refractivity contribution in [1.82, 2.24) is 10.2 Å². The van der Waals surface area contributed by atoms with Gasteiger partial charge in [0.1, 0.15) is 0 Å². The van der Waals surface area contributed by atoms with Crippen molar-refractivity contribution < 1.29 is 13.2 Å². The van der Waals surface area contributed by atoms with Crippen LogP contribution in [-0.4, -0.2) is 24.0 Å². The zero-order chi connectivity index (χ0) is 20.4.